The number of imidazole rings is 1. The van der Waals surface area contributed by atoms with Gasteiger partial charge in [0.25, 0.3) is 5.91 Å². The summed E-state index contributed by atoms with van der Waals surface area (Å²) in [7, 11) is 6.41. The first-order chi connectivity index (χ1) is 12.4. The number of likely N-dealkylation sites (N-methyl/N-ethyl adjacent to an activating group) is 1. The van der Waals surface area contributed by atoms with Crippen LogP contribution in [0.4, 0.5) is 0 Å². The minimum atomic E-state index is 0.130. The van der Waals surface area contributed by atoms with Crippen molar-refractivity contribution in [2.75, 3.05) is 47.3 Å². The van der Waals surface area contributed by atoms with Crippen molar-refractivity contribution in [1.82, 2.24) is 24.7 Å². The minimum absolute atomic E-state index is 0.130. The highest BCUT2D eigenvalue weighted by Crippen LogP contribution is 2.20. The second-order valence-electron chi connectivity index (χ2n) is 7.74. The first-order valence-corrected chi connectivity index (χ1v) is 9.54. The Labute approximate surface area is 156 Å². The number of H-pyrrole nitrogens is 1. The third kappa shape index (κ3) is 4.43. The number of carbonyl (C=O) groups excluding carboxylic acids is 1. The Morgan fingerprint density at radius 1 is 1.31 bits per heavy atom. The normalized spacial score (nSPS) is 18.2. The van der Waals surface area contributed by atoms with Crippen molar-refractivity contribution >= 4 is 16.9 Å². The quantitative estimate of drug-likeness (QED) is 0.862. The van der Waals surface area contributed by atoms with Gasteiger partial charge in [-0.3, -0.25) is 4.79 Å². The fourth-order valence-electron chi connectivity index (χ4n) is 3.77. The maximum absolute atomic E-state index is 13.0. The van der Waals surface area contributed by atoms with E-state index in [1.54, 1.807) is 0 Å². The molecule has 26 heavy (non-hydrogen) atoms. The Kier molecular flexibility index (Phi) is 5.94. The summed E-state index contributed by atoms with van der Waals surface area (Å²) >= 11 is 0. The first-order valence-electron chi connectivity index (χ1n) is 9.54. The van der Waals surface area contributed by atoms with E-state index in [0.717, 1.165) is 61.4 Å². The van der Waals surface area contributed by atoms with Crippen LogP contribution in [0.1, 0.15) is 35.4 Å². The molecule has 6 nitrogen and oxygen atoms in total. The van der Waals surface area contributed by atoms with E-state index < -0.39 is 0 Å². The van der Waals surface area contributed by atoms with Crippen LogP contribution in [0.2, 0.25) is 0 Å². The number of carbonyl (C=O) groups is 1. The van der Waals surface area contributed by atoms with Gasteiger partial charge in [-0.25, -0.2) is 4.98 Å². The second-order valence-corrected chi connectivity index (χ2v) is 7.74. The number of aryl methyl sites for hydroxylation is 1. The van der Waals surface area contributed by atoms with E-state index in [0.29, 0.717) is 6.04 Å². The number of rotatable bonds is 6. The molecule has 0 bridgehead atoms. The highest BCUT2D eigenvalue weighted by atomic mass is 16.2. The third-order valence-corrected chi connectivity index (χ3v) is 5.27. The van der Waals surface area contributed by atoms with Crippen LogP contribution in [0, 0.1) is 6.92 Å². The van der Waals surface area contributed by atoms with E-state index in [2.05, 4.69) is 40.9 Å². The number of piperidine rings is 1. The topological polar surface area (TPSA) is 55.5 Å². The summed E-state index contributed by atoms with van der Waals surface area (Å²) < 4.78 is 0. The number of nitrogens with zero attached hydrogens (tertiary/aromatic N) is 4. The molecule has 1 aliphatic rings. The van der Waals surface area contributed by atoms with Gasteiger partial charge in [-0.1, -0.05) is 0 Å². The van der Waals surface area contributed by atoms with Crippen LogP contribution in [0.25, 0.3) is 11.0 Å². The van der Waals surface area contributed by atoms with Crippen LogP contribution >= 0.6 is 0 Å². The average molecular weight is 358 g/mol. The zero-order chi connectivity index (χ0) is 18.7. The Balaban J connectivity index is 1.63. The summed E-state index contributed by atoms with van der Waals surface area (Å²) in [5, 5.41) is 0. The summed E-state index contributed by atoms with van der Waals surface area (Å²) in [4.78, 5) is 27.3. The lowest BCUT2D eigenvalue weighted by molar-refractivity contribution is 0.0607. The molecule has 3 rings (SSSR count). The van der Waals surface area contributed by atoms with E-state index >= 15 is 0 Å². The number of aromatic amines is 1. The maximum atomic E-state index is 13.0. The van der Waals surface area contributed by atoms with Gasteiger partial charge in [0.15, 0.2) is 0 Å². The monoisotopic (exact) mass is 357 g/mol. The number of hydrogen-bond donors (Lipinski definition) is 1. The molecule has 1 atom stereocenters. The third-order valence-electron chi connectivity index (χ3n) is 5.27. The van der Waals surface area contributed by atoms with E-state index in [-0.39, 0.29) is 5.91 Å². The molecule has 2 heterocycles. The standard InChI is InChI=1S/C20H31N5O/c1-15-21-18-9-8-16(13-19(18)22-15)20(26)25-12-5-7-17(14-25)24(4)11-6-10-23(2)3/h8-9,13,17H,5-7,10-12,14H2,1-4H3,(H,21,22). The van der Waals surface area contributed by atoms with Crippen molar-refractivity contribution in [2.24, 2.45) is 0 Å². The zero-order valence-electron chi connectivity index (χ0n) is 16.5. The second kappa shape index (κ2) is 8.18. The fourth-order valence-corrected chi connectivity index (χ4v) is 3.77. The van der Waals surface area contributed by atoms with Crippen molar-refractivity contribution in [3.8, 4) is 0 Å². The minimum Gasteiger partial charge on any atom is -0.342 e. The molecule has 1 fully saturated rings. The van der Waals surface area contributed by atoms with E-state index in [4.69, 9.17) is 0 Å². The van der Waals surface area contributed by atoms with Crippen molar-refractivity contribution in [3.05, 3.63) is 29.6 Å². The van der Waals surface area contributed by atoms with Crippen molar-refractivity contribution in [1.29, 1.82) is 0 Å². The molecule has 1 aromatic heterocycles. The maximum Gasteiger partial charge on any atom is 0.253 e. The summed E-state index contributed by atoms with van der Waals surface area (Å²) in [6.45, 7) is 5.77. The number of aromatic nitrogens is 2. The number of nitrogens with one attached hydrogen (secondary N) is 1. The Morgan fingerprint density at radius 3 is 2.88 bits per heavy atom. The summed E-state index contributed by atoms with van der Waals surface area (Å²) in [6, 6.07) is 6.21. The van der Waals surface area contributed by atoms with Gasteiger partial charge in [-0.05, 0) is 78.6 Å². The van der Waals surface area contributed by atoms with Crippen LogP contribution in [-0.2, 0) is 0 Å². The smallest absolute Gasteiger partial charge is 0.253 e. The van der Waals surface area contributed by atoms with Crippen molar-refractivity contribution in [2.45, 2.75) is 32.2 Å². The average Bonchev–Trinajstić information content (AvgIpc) is 3.00. The van der Waals surface area contributed by atoms with Gasteiger partial charge in [0, 0.05) is 24.7 Å². The fraction of sp³-hybridized carbons (Fsp3) is 0.600. The van der Waals surface area contributed by atoms with Gasteiger partial charge in [-0.2, -0.15) is 0 Å². The van der Waals surface area contributed by atoms with Gasteiger partial charge in [-0.15, -0.1) is 0 Å². The van der Waals surface area contributed by atoms with Crippen LogP contribution in [-0.4, -0.2) is 83.9 Å². The lowest BCUT2D eigenvalue weighted by Crippen LogP contribution is -2.49. The van der Waals surface area contributed by atoms with Crippen LogP contribution < -0.4 is 0 Å². The zero-order valence-corrected chi connectivity index (χ0v) is 16.5. The molecule has 0 saturated carbocycles. The molecule has 0 aliphatic carbocycles. The van der Waals surface area contributed by atoms with E-state index in [1.807, 2.05) is 30.0 Å². The molecule has 0 radical (unpaired) electrons. The Bertz CT molecular complexity index is 754. The number of benzene rings is 1. The molecule has 1 aromatic carbocycles. The molecule has 6 heteroatoms. The number of likely N-dealkylation sites (tertiary alicyclic amines) is 1. The summed E-state index contributed by atoms with van der Waals surface area (Å²) in [6.07, 6.45) is 3.39. The highest BCUT2D eigenvalue weighted by Gasteiger charge is 2.27. The molecule has 0 spiro atoms. The van der Waals surface area contributed by atoms with Gasteiger partial charge in [0.2, 0.25) is 0 Å². The molecule has 1 saturated heterocycles. The van der Waals surface area contributed by atoms with E-state index in [1.165, 1.54) is 6.42 Å². The SMILES string of the molecule is Cc1nc2ccc(C(=O)N3CCCC(N(C)CCCN(C)C)C3)cc2[nH]1. The summed E-state index contributed by atoms with van der Waals surface area (Å²) in [5.41, 5.74) is 2.59. The molecular weight excluding hydrogens is 326 g/mol. The van der Waals surface area contributed by atoms with Crippen LogP contribution in [0.5, 0.6) is 0 Å². The lowest BCUT2D eigenvalue weighted by atomic mass is 10.0. The number of amides is 1. The first kappa shape index (κ1) is 18.9. The van der Waals surface area contributed by atoms with E-state index in [9.17, 15) is 4.79 Å². The Morgan fingerprint density at radius 2 is 2.12 bits per heavy atom. The van der Waals surface area contributed by atoms with Gasteiger partial charge >= 0.3 is 0 Å². The predicted molar refractivity (Wildman–Crippen MR) is 106 cm³/mol. The van der Waals surface area contributed by atoms with Gasteiger partial charge in [0.05, 0.1) is 11.0 Å². The molecule has 1 amide bonds. The molecule has 1 unspecified atom stereocenters. The number of hydrogen-bond acceptors (Lipinski definition) is 4. The van der Waals surface area contributed by atoms with Gasteiger partial charge < -0.3 is 19.7 Å². The van der Waals surface area contributed by atoms with Crippen molar-refractivity contribution < 1.29 is 4.79 Å². The predicted octanol–water partition coefficient (Wildman–Crippen LogP) is 2.36. The molecule has 2 aromatic rings. The molecule has 1 N–H and O–H groups in total. The lowest BCUT2D eigenvalue weighted by Gasteiger charge is -2.38. The molecular formula is C20H31N5O. The van der Waals surface area contributed by atoms with Crippen molar-refractivity contribution in [3.63, 3.8) is 0 Å². The largest absolute Gasteiger partial charge is 0.342 e. The Hall–Kier alpha value is -1.92. The van der Waals surface area contributed by atoms with Crippen LogP contribution in [0.15, 0.2) is 18.2 Å². The highest BCUT2D eigenvalue weighted by molar-refractivity contribution is 5.97. The van der Waals surface area contributed by atoms with Gasteiger partial charge in [0.1, 0.15) is 5.82 Å². The number of fused-ring (bicyclic) bond motifs is 1. The summed E-state index contributed by atoms with van der Waals surface area (Å²) in [5.74, 6) is 1.01. The van der Waals surface area contributed by atoms with Crippen LogP contribution in [0.3, 0.4) is 0 Å². The molecule has 1 aliphatic heterocycles. The molecule has 142 valence electrons.